The van der Waals surface area contributed by atoms with Crippen molar-refractivity contribution in [2.75, 3.05) is 11.9 Å². The molecule has 1 aromatic rings. The van der Waals surface area contributed by atoms with E-state index in [9.17, 15) is 4.79 Å². The standard InChI is InChI=1S/C11H14ClN3O/c1-11(5-2-6-14-11)10(16)15-8-3-4-9(12)13-7-8/h3-4,7,14H,2,5-6H2,1H3,(H,15,16). The SMILES string of the molecule is CC1(C(=O)Nc2ccc(Cl)nc2)CCCN1. The number of nitrogens with zero attached hydrogens (tertiary/aromatic N) is 1. The first-order chi connectivity index (χ1) is 7.60. The predicted octanol–water partition coefficient (Wildman–Crippen LogP) is 1.82. The molecular formula is C11H14ClN3O. The summed E-state index contributed by atoms with van der Waals surface area (Å²) in [5.41, 5.74) is 0.212. The summed E-state index contributed by atoms with van der Waals surface area (Å²) < 4.78 is 0. The first-order valence-electron chi connectivity index (χ1n) is 5.28. The Kier molecular flexibility index (Phi) is 3.12. The van der Waals surface area contributed by atoms with Crippen LogP contribution in [0.5, 0.6) is 0 Å². The quantitative estimate of drug-likeness (QED) is 0.774. The first-order valence-corrected chi connectivity index (χ1v) is 5.66. The van der Waals surface area contributed by atoms with Crippen molar-refractivity contribution < 1.29 is 4.79 Å². The van der Waals surface area contributed by atoms with Crippen LogP contribution in [0.25, 0.3) is 0 Å². The Labute approximate surface area is 99.4 Å². The summed E-state index contributed by atoms with van der Waals surface area (Å²) in [6.07, 6.45) is 3.45. The van der Waals surface area contributed by atoms with Gasteiger partial charge in [-0.3, -0.25) is 4.79 Å². The fourth-order valence-electron chi connectivity index (χ4n) is 1.81. The highest BCUT2D eigenvalue weighted by molar-refractivity contribution is 6.29. The number of pyridine rings is 1. The minimum absolute atomic E-state index is 0.0193. The average Bonchev–Trinajstić information content (AvgIpc) is 2.70. The van der Waals surface area contributed by atoms with E-state index in [0.29, 0.717) is 10.8 Å². The first kappa shape index (κ1) is 11.4. The Hall–Kier alpha value is -1.13. The van der Waals surface area contributed by atoms with Crippen LogP contribution in [0.3, 0.4) is 0 Å². The lowest BCUT2D eigenvalue weighted by atomic mass is 9.99. The Morgan fingerprint density at radius 1 is 1.62 bits per heavy atom. The number of hydrogen-bond acceptors (Lipinski definition) is 3. The average molecular weight is 240 g/mol. The summed E-state index contributed by atoms with van der Waals surface area (Å²) in [4.78, 5) is 15.9. The monoisotopic (exact) mass is 239 g/mol. The molecule has 86 valence electrons. The molecule has 0 radical (unpaired) electrons. The predicted molar refractivity (Wildman–Crippen MR) is 63.5 cm³/mol. The number of carbonyl (C=O) groups excluding carboxylic acids is 1. The van der Waals surface area contributed by atoms with Gasteiger partial charge < -0.3 is 10.6 Å². The highest BCUT2D eigenvalue weighted by Crippen LogP contribution is 2.20. The number of aromatic nitrogens is 1. The zero-order valence-electron chi connectivity index (χ0n) is 9.09. The molecule has 0 bridgehead atoms. The van der Waals surface area contributed by atoms with E-state index in [1.165, 1.54) is 0 Å². The number of halogens is 1. The fourth-order valence-corrected chi connectivity index (χ4v) is 1.92. The Bertz CT molecular complexity index is 385. The molecule has 0 spiro atoms. The zero-order chi connectivity index (χ0) is 11.6. The van der Waals surface area contributed by atoms with Gasteiger partial charge in [-0.25, -0.2) is 4.98 Å². The fraction of sp³-hybridized carbons (Fsp3) is 0.455. The van der Waals surface area contributed by atoms with Crippen molar-refractivity contribution >= 4 is 23.2 Å². The van der Waals surface area contributed by atoms with E-state index in [4.69, 9.17) is 11.6 Å². The van der Waals surface area contributed by atoms with Gasteiger partial charge in [-0.2, -0.15) is 0 Å². The molecule has 5 heteroatoms. The van der Waals surface area contributed by atoms with Crippen molar-refractivity contribution in [2.45, 2.75) is 25.3 Å². The van der Waals surface area contributed by atoms with Gasteiger partial charge in [0.1, 0.15) is 5.15 Å². The Balaban J connectivity index is 2.04. The van der Waals surface area contributed by atoms with Crippen molar-refractivity contribution in [1.29, 1.82) is 0 Å². The molecule has 1 amide bonds. The van der Waals surface area contributed by atoms with Gasteiger partial charge in [0.05, 0.1) is 17.4 Å². The van der Waals surface area contributed by atoms with E-state index in [1.807, 2.05) is 6.92 Å². The largest absolute Gasteiger partial charge is 0.323 e. The van der Waals surface area contributed by atoms with E-state index >= 15 is 0 Å². The number of hydrogen-bond donors (Lipinski definition) is 2. The second kappa shape index (κ2) is 4.39. The van der Waals surface area contributed by atoms with Gasteiger partial charge in [0.15, 0.2) is 0 Å². The van der Waals surface area contributed by atoms with Crippen LogP contribution in [0.4, 0.5) is 5.69 Å². The number of amides is 1. The lowest BCUT2D eigenvalue weighted by Crippen LogP contribution is -2.47. The van der Waals surface area contributed by atoms with Gasteiger partial charge in [0.2, 0.25) is 5.91 Å². The molecule has 0 aliphatic carbocycles. The molecule has 0 saturated carbocycles. The minimum Gasteiger partial charge on any atom is -0.323 e. The molecule has 1 saturated heterocycles. The molecular weight excluding hydrogens is 226 g/mol. The van der Waals surface area contributed by atoms with E-state index < -0.39 is 5.54 Å². The molecule has 2 heterocycles. The zero-order valence-corrected chi connectivity index (χ0v) is 9.84. The maximum absolute atomic E-state index is 12.0. The summed E-state index contributed by atoms with van der Waals surface area (Å²) in [6.45, 7) is 2.81. The van der Waals surface area contributed by atoms with Crippen LogP contribution in [0.15, 0.2) is 18.3 Å². The van der Waals surface area contributed by atoms with E-state index in [1.54, 1.807) is 18.3 Å². The van der Waals surface area contributed by atoms with Crippen molar-refractivity contribution in [3.05, 3.63) is 23.5 Å². The van der Waals surface area contributed by atoms with Crippen LogP contribution >= 0.6 is 11.6 Å². The number of rotatable bonds is 2. The van der Waals surface area contributed by atoms with Crippen LogP contribution in [0.1, 0.15) is 19.8 Å². The molecule has 2 N–H and O–H groups in total. The van der Waals surface area contributed by atoms with Crippen molar-refractivity contribution in [1.82, 2.24) is 10.3 Å². The lowest BCUT2D eigenvalue weighted by molar-refractivity contribution is -0.121. The van der Waals surface area contributed by atoms with Crippen molar-refractivity contribution in [3.8, 4) is 0 Å². The van der Waals surface area contributed by atoms with E-state index in [2.05, 4.69) is 15.6 Å². The molecule has 0 aromatic carbocycles. The maximum Gasteiger partial charge on any atom is 0.244 e. The Morgan fingerprint density at radius 3 is 3.00 bits per heavy atom. The number of nitrogens with one attached hydrogen (secondary N) is 2. The topological polar surface area (TPSA) is 54.0 Å². The van der Waals surface area contributed by atoms with E-state index in [0.717, 1.165) is 19.4 Å². The molecule has 1 fully saturated rings. The lowest BCUT2D eigenvalue weighted by Gasteiger charge is -2.22. The third kappa shape index (κ3) is 2.33. The molecule has 1 aliphatic rings. The van der Waals surface area contributed by atoms with Crippen molar-refractivity contribution in [3.63, 3.8) is 0 Å². The van der Waals surface area contributed by atoms with E-state index in [-0.39, 0.29) is 5.91 Å². The van der Waals surface area contributed by atoms with Crippen LogP contribution in [0.2, 0.25) is 5.15 Å². The molecule has 1 unspecified atom stereocenters. The van der Waals surface area contributed by atoms with Crippen LogP contribution in [0, 0.1) is 0 Å². The number of anilines is 1. The third-order valence-electron chi connectivity index (χ3n) is 2.86. The smallest absolute Gasteiger partial charge is 0.244 e. The van der Waals surface area contributed by atoms with Gasteiger partial charge in [0.25, 0.3) is 0 Å². The maximum atomic E-state index is 12.0. The molecule has 1 aliphatic heterocycles. The van der Waals surface area contributed by atoms with Gasteiger partial charge in [-0.05, 0) is 38.4 Å². The highest BCUT2D eigenvalue weighted by Gasteiger charge is 2.35. The second-order valence-corrected chi connectivity index (χ2v) is 4.57. The summed E-state index contributed by atoms with van der Waals surface area (Å²) in [7, 11) is 0. The molecule has 1 atom stereocenters. The Morgan fingerprint density at radius 2 is 2.44 bits per heavy atom. The summed E-state index contributed by atoms with van der Waals surface area (Å²) in [5, 5.41) is 6.45. The summed E-state index contributed by atoms with van der Waals surface area (Å²) >= 11 is 5.67. The molecule has 1 aromatic heterocycles. The third-order valence-corrected chi connectivity index (χ3v) is 3.08. The summed E-state index contributed by atoms with van der Waals surface area (Å²) in [6, 6.07) is 3.40. The molecule has 4 nitrogen and oxygen atoms in total. The highest BCUT2D eigenvalue weighted by atomic mass is 35.5. The van der Waals surface area contributed by atoms with Gasteiger partial charge in [-0.1, -0.05) is 11.6 Å². The van der Waals surface area contributed by atoms with Gasteiger partial charge >= 0.3 is 0 Å². The van der Waals surface area contributed by atoms with Crippen LogP contribution in [-0.2, 0) is 4.79 Å². The van der Waals surface area contributed by atoms with Crippen molar-refractivity contribution in [2.24, 2.45) is 0 Å². The van der Waals surface area contributed by atoms with Gasteiger partial charge in [-0.15, -0.1) is 0 Å². The molecule has 2 rings (SSSR count). The van der Waals surface area contributed by atoms with Crippen LogP contribution in [-0.4, -0.2) is 23.0 Å². The minimum atomic E-state index is -0.459. The molecule has 16 heavy (non-hydrogen) atoms. The second-order valence-electron chi connectivity index (χ2n) is 4.19. The summed E-state index contributed by atoms with van der Waals surface area (Å²) in [5.74, 6) is -0.0193. The number of carbonyl (C=O) groups is 1. The van der Waals surface area contributed by atoms with Gasteiger partial charge in [0, 0.05) is 0 Å². The van der Waals surface area contributed by atoms with Crippen LogP contribution < -0.4 is 10.6 Å². The normalized spacial score (nSPS) is 24.4.